The molecule has 0 atom stereocenters. The molecular weight excluding hydrogens is 422 g/mol. The van der Waals surface area contributed by atoms with E-state index in [-0.39, 0.29) is 19.8 Å². The summed E-state index contributed by atoms with van der Waals surface area (Å²) in [6, 6.07) is 13.8. The third-order valence-electron chi connectivity index (χ3n) is 4.64. The summed E-state index contributed by atoms with van der Waals surface area (Å²) in [5, 5.41) is 4.17. The lowest BCUT2D eigenvalue weighted by molar-refractivity contribution is 0.0248. The second-order valence-electron chi connectivity index (χ2n) is 8.05. The normalized spacial score (nSPS) is 10.8. The van der Waals surface area contributed by atoms with Gasteiger partial charge in [-0.15, -0.1) is 0 Å². The van der Waals surface area contributed by atoms with E-state index in [9.17, 15) is 9.59 Å². The van der Waals surface area contributed by atoms with E-state index in [1.807, 2.05) is 19.9 Å². The second kappa shape index (κ2) is 10.5. The molecule has 3 rings (SSSR count). The number of nitrogens with zero attached hydrogens (tertiary/aromatic N) is 3. The van der Waals surface area contributed by atoms with Crippen LogP contribution in [0.4, 0.5) is 5.69 Å². The molecule has 0 unspecified atom stereocenters. The van der Waals surface area contributed by atoms with Gasteiger partial charge in [-0.2, -0.15) is 5.10 Å². The van der Waals surface area contributed by atoms with Crippen molar-refractivity contribution < 1.29 is 23.8 Å². The first-order valence-electron chi connectivity index (χ1n) is 10.4. The Morgan fingerprint density at radius 3 is 2.45 bits per heavy atom. The lowest BCUT2D eigenvalue weighted by Gasteiger charge is -2.24. The monoisotopic (exact) mass is 447 g/mol. The Hall–Kier alpha value is -4.12. The van der Waals surface area contributed by atoms with Crippen LogP contribution in [0.25, 0.3) is 10.5 Å². The van der Waals surface area contributed by atoms with Crippen molar-refractivity contribution in [3.05, 3.63) is 83.5 Å². The molecule has 0 saturated carbocycles. The standard InChI is InChI=1S/C25H25N3O5/c1-5-31-24(30)19-14-27-28(15-19)20-11-12-22(21(13-20)26-4)32-16-25(2,3)17-33-23(29)18-9-7-6-8-10-18/h6-15H,5,16-17H2,1-3H3. The Morgan fingerprint density at radius 1 is 1.03 bits per heavy atom. The van der Waals surface area contributed by atoms with Gasteiger partial charge in [-0.3, -0.25) is 0 Å². The number of esters is 2. The number of hydrogen-bond acceptors (Lipinski definition) is 6. The number of benzene rings is 2. The molecule has 1 heterocycles. The van der Waals surface area contributed by atoms with Crippen molar-refractivity contribution in [1.82, 2.24) is 9.78 Å². The minimum Gasteiger partial charge on any atom is -0.504 e. The third kappa shape index (κ3) is 6.20. The van der Waals surface area contributed by atoms with Crippen LogP contribution in [0.1, 0.15) is 41.5 Å². The maximum absolute atomic E-state index is 12.2. The predicted octanol–water partition coefficient (Wildman–Crippen LogP) is 4.86. The van der Waals surface area contributed by atoms with Crippen molar-refractivity contribution >= 4 is 17.6 Å². The van der Waals surface area contributed by atoms with Crippen LogP contribution in [0, 0.1) is 12.0 Å². The molecule has 8 nitrogen and oxygen atoms in total. The molecule has 3 aromatic rings. The van der Waals surface area contributed by atoms with E-state index in [0.717, 1.165) is 0 Å². The molecule has 0 aliphatic heterocycles. The van der Waals surface area contributed by atoms with Crippen molar-refractivity contribution in [1.29, 1.82) is 0 Å². The average Bonchev–Trinajstić information content (AvgIpc) is 3.32. The molecule has 1 aromatic heterocycles. The number of aromatic nitrogens is 2. The van der Waals surface area contributed by atoms with Gasteiger partial charge in [-0.1, -0.05) is 32.0 Å². The van der Waals surface area contributed by atoms with E-state index < -0.39 is 17.4 Å². The summed E-state index contributed by atoms with van der Waals surface area (Å²) in [5.74, 6) is -0.436. The Bertz CT molecular complexity index is 1160. The molecule has 0 fully saturated rings. The van der Waals surface area contributed by atoms with Crippen LogP contribution < -0.4 is 4.74 Å². The van der Waals surface area contributed by atoms with Crippen molar-refractivity contribution in [2.75, 3.05) is 19.8 Å². The summed E-state index contributed by atoms with van der Waals surface area (Å²) in [6.45, 7) is 13.8. The molecule has 0 N–H and O–H groups in total. The van der Waals surface area contributed by atoms with E-state index in [2.05, 4.69) is 9.94 Å². The number of carbonyl (C=O) groups is 2. The maximum atomic E-state index is 12.2. The van der Waals surface area contributed by atoms with Crippen LogP contribution in [0.3, 0.4) is 0 Å². The van der Waals surface area contributed by atoms with Gasteiger partial charge in [0.05, 0.1) is 49.4 Å². The molecule has 0 saturated heterocycles. The van der Waals surface area contributed by atoms with E-state index in [1.54, 1.807) is 55.6 Å². The van der Waals surface area contributed by atoms with E-state index in [4.69, 9.17) is 20.8 Å². The van der Waals surface area contributed by atoms with Gasteiger partial charge in [-0.25, -0.2) is 19.1 Å². The fourth-order valence-electron chi connectivity index (χ4n) is 2.87. The summed E-state index contributed by atoms with van der Waals surface area (Å²) in [4.78, 5) is 27.6. The zero-order valence-electron chi connectivity index (χ0n) is 18.8. The molecule has 0 radical (unpaired) electrons. The van der Waals surface area contributed by atoms with Crippen LogP contribution in [-0.4, -0.2) is 41.5 Å². The van der Waals surface area contributed by atoms with Gasteiger partial charge < -0.3 is 14.2 Å². The summed E-state index contributed by atoms with van der Waals surface area (Å²) < 4.78 is 17.8. The number of rotatable bonds is 9. The van der Waals surface area contributed by atoms with Gasteiger partial charge in [0.2, 0.25) is 5.69 Å². The molecule has 0 spiro atoms. The van der Waals surface area contributed by atoms with Crippen LogP contribution >= 0.6 is 0 Å². The maximum Gasteiger partial charge on any atom is 0.341 e. The zero-order chi connectivity index (χ0) is 23.8. The molecule has 2 aromatic carbocycles. The summed E-state index contributed by atoms with van der Waals surface area (Å²) in [6.07, 6.45) is 2.96. The minimum absolute atomic E-state index is 0.163. The zero-order valence-corrected chi connectivity index (χ0v) is 18.8. The smallest absolute Gasteiger partial charge is 0.341 e. The molecule has 8 heteroatoms. The van der Waals surface area contributed by atoms with Gasteiger partial charge in [-0.05, 0) is 37.3 Å². The summed E-state index contributed by atoms with van der Waals surface area (Å²) in [7, 11) is 0. The molecule has 0 bridgehead atoms. The lowest BCUT2D eigenvalue weighted by atomic mass is 9.96. The fourth-order valence-corrected chi connectivity index (χ4v) is 2.87. The quantitative estimate of drug-likeness (QED) is 0.344. The van der Waals surface area contributed by atoms with Crippen molar-refractivity contribution in [3.8, 4) is 11.4 Å². The highest BCUT2D eigenvalue weighted by atomic mass is 16.5. The Balaban J connectivity index is 1.63. The molecule has 0 aliphatic rings. The second-order valence-corrected chi connectivity index (χ2v) is 8.05. The third-order valence-corrected chi connectivity index (χ3v) is 4.64. The largest absolute Gasteiger partial charge is 0.504 e. The molecule has 0 aliphatic carbocycles. The minimum atomic E-state index is -0.473. The first-order valence-corrected chi connectivity index (χ1v) is 10.4. The molecule has 33 heavy (non-hydrogen) atoms. The molecular formula is C25H25N3O5. The van der Waals surface area contributed by atoms with Gasteiger partial charge in [0.1, 0.15) is 5.75 Å². The van der Waals surface area contributed by atoms with Crippen LogP contribution in [0.2, 0.25) is 0 Å². The summed E-state index contributed by atoms with van der Waals surface area (Å²) >= 11 is 0. The average molecular weight is 447 g/mol. The van der Waals surface area contributed by atoms with E-state index in [0.29, 0.717) is 28.3 Å². The first kappa shape index (κ1) is 23.5. The van der Waals surface area contributed by atoms with Crippen molar-refractivity contribution in [2.45, 2.75) is 20.8 Å². The van der Waals surface area contributed by atoms with Crippen LogP contribution in [0.15, 0.2) is 60.9 Å². The van der Waals surface area contributed by atoms with E-state index in [1.165, 1.54) is 10.9 Å². The Kier molecular flexibility index (Phi) is 7.46. The van der Waals surface area contributed by atoms with Crippen molar-refractivity contribution in [2.24, 2.45) is 5.41 Å². The Labute approximate surface area is 192 Å². The van der Waals surface area contributed by atoms with E-state index >= 15 is 0 Å². The highest BCUT2D eigenvalue weighted by Gasteiger charge is 2.23. The topological polar surface area (TPSA) is 84.0 Å². The van der Waals surface area contributed by atoms with Gasteiger partial charge >= 0.3 is 11.9 Å². The molecule has 170 valence electrons. The fraction of sp³-hybridized carbons (Fsp3) is 0.280. The van der Waals surface area contributed by atoms with Gasteiger partial charge in [0, 0.05) is 11.6 Å². The van der Waals surface area contributed by atoms with Crippen LogP contribution in [-0.2, 0) is 9.47 Å². The summed E-state index contributed by atoms with van der Waals surface area (Å²) in [5.41, 5.74) is 1.26. The molecule has 0 amide bonds. The van der Waals surface area contributed by atoms with Gasteiger partial charge in [0.15, 0.2) is 0 Å². The highest BCUT2D eigenvalue weighted by Crippen LogP contribution is 2.31. The number of hydrogen-bond donors (Lipinski definition) is 0. The predicted molar refractivity (Wildman–Crippen MR) is 122 cm³/mol. The van der Waals surface area contributed by atoms with Crippen molar-refractivity contribution in [3.63, 3.8) is 0 Å². The lowest BCUT2D eigenvalue weighted by Crippen LogP contribution is -2.28. The van der Waals surface area contributed by atoms with Gasteiger partial charge in [0.25, 0.3) is 0 Å². The highest BCUT2D eigenvalue weighted by molar-refractivity contribution is 5.89. The number of carbonyl (C=O) groups excluding carboxylic acids is 2. The van der Waals surface area contributed by atoms with Crippen LogP contribution in [0.5, 0.6) is 5.75 Å². The SMILES string of the molecule is [C-]#[N+]c1cc(-n2cc(C(=O)OCC)cn2)ccc1OCC(C)(C)COC(=O)c1ccccc1. The number of ether oxygens (including phenoxy) is 3. The first-order chi connectivity index (χ1) is 15.8. The Morgan fingerprint density at radius 2 is 1.76 bits per heavy atom.